The van der Waals surface area contributed by atoms with Crippen LogP contribution >= 0.6 is 22.3 Å². The lowest BCUT2D eigenvalue weighted by molar-refractivity contribution is 0.402. The molecule has 1 aromatic rings. The van der Waals surface area contributed by atoms with Gasteiger partial charge in [0.25, 0.3) is 9.05 Å². The van der Waals surface area contributed by atoms with Crippen molar-refractivity contribution in [2.75, 3.05) is 7.11 Å². The van der Waals surface area contributed by atoms with Gasteiger partial charge in [0, 0.05) is 15.7 Å². The predicted molar refractivity (Wildman–Crippen MR) is 60.5 cm³/mol. The van der Waals surface area contributed by atoms with Gasteiger partial charge in [-0.3, -0.25) is 0 Å². The van der Waals surface area contributed by atoms with Crippen LogP contribution in [0.15, 0.2) is 11.0 Å². The molecule has 0 aliphatic rings. The maximum absolute atomic E-state index is 11.3. The second kappa shape index (κ2) is 4.20. The summed E-state index contributed by atoms with van der Waals surface area (Å²) in [5.74, 6) is 0.212. The van der Waals surface area contributed by atoms with Crippen molar-refractivity contribution < 1.29 is 13.2 Å². The van der Waals surface area contributed by atoms with Crippen molar-refractivity contribution in [1.82, 2.24) is 0 Å². The van der Waals surface area contributed by atoms with Crippen LogP contribution in [0.3, 0.4) is 0 Å². The molecule has 1 aromatic carbocycles. The van der Waals surface area contributed by atoms with E-state index in [-0.39, 0.29) is 10.6 Å². The first kappa shape index (κ1) is 12.6. The van der Waals surface area contributed by atoms with Crippen LogP contribution < -0.4 is 4.74 Å². The molecule has 15 heavy (non-hydrogen) atoms. The summed E-state index contributed by atoms with van der Waals surface area (Å²) in [6, 6.07) is 1.55. The SMILES string of the molecule is COc1cc(C)c(Cl)c(C)c1S(=O)(=O)Cl. The highest BCUT2D eigenvalue weighted by Crippen LogP contribution is 2.36. The molecule has 1 rings (SSSR count). The minimum absolute atomic E-state index is 0.0673. The smallest absolute Gasteiger partial charge is 0.265 e. The minimum atomic E-state index is -3.85. The third kappa shape index (κ3) is 2.38. The van der Waals surface area contributed by atoms with Gasteiger partial charge in [0.15, 0.2) is 0 Å². The molecule has 0 saturated heterocycles. The fourth-order valence-corrected chi connectivity index (χ4v) is 2.99. The summed E-state index contributed by atoms with van der Waals surface area (Å²) in [7, 11) is 2.84. The number of ether oxygens (including phenoxy) is 1. The zero-order valence-corrected chi connectivity index (χ0v) is 10.8. The van der Waals surface area contributed by atoms with E-state index in [4.69, 9.17) is 27.0 Å². The number of aryl methyl sites for hydroxylation is 1. The largest absolute Gasteiger partial charge is 0.495 e. The quantitative estimate of drug-likeness (QED) is 0.775. The fraction of sp³-hybridized carbons (Fsp3) is 0.333. The molecule has 0 heterocycles. The van der Waals surface area contributed by atoms with Crippen LogP contribution in [0.25, 0.3) is 0 Å². The molecule has 0 bridgehead atoms. The van der Waals surface area contributed by atoms with Crippen LogP contribution in [0.5, 0.6) is 5.75 Å². The lowest BCUT2D eigenvalue weighted by atomic mass is 10.1. The Balaban J connectivity index is 3.70. The summed E-state index contributed by atoms with van der Waals surface area (Å²) in [6.45, 7) is 3.36. The van der Waals surface area contributed by atoms with E-state index in [2.05, 4.69) is 0 Å². The second-order valence-corrected chi connectivity index (χ2v) is 5.98. The Morgan fingerprint density at radius 1 is 1.33 bits per heavy atom. The van der Waals surface area contributed by atoms with Gasteiger partial charge in [-0.25, -0.2) is 8.42 Å². The van der Waals surface area contributed by atoms with Gasteiger partial charge in [-0.1, -0.05) is 11.6 Å². The van der Waals surface area contributed by atoms with Crippen LogP contribution in [0.2, 0.25) is 5.02 Å². The Bertz CT molecular complexity index is 495. The molecule has 0 unspecified atom stereocenters. The number of hydrogen-bond donors (Lipinski definition) is 0. The summed E-state index contributed by atoms with van der Waals surface area (Å²) in [5, 5.41) is 0.384. The highest BCUT2D eigenvalue weighted by molar-refractivity contribution is 8.13. The Kier molecular flexibility index (Phi) is 3.53. The zero-order chi connectivity index (χ0) is 11.8. The van der Waals surface area contributed by atoms with E-state index in [1.54, 1.807) is 19.9 Å². The van der Waals surface area contributed by atoms with Crippen molar-refractivity contribution in [2.24, 2.45) is 0 Å². The van der Waals surface area contributed by atoms with E-state index in [0.29, 0.717) is 10.6 Å². The summed E-state index contributed by atoms with van der Waals surface area (Å²) in [6.07, 6.45) is 0. The van der Waals surface area contributed by atoms with Gasteiger partial charge in [-0.05, 0) is 31.0 Å². The maximum Gasteiger partial charge on any atom is 0.265 e. The van der Waals surface area contributed by atoms with E-state index in [0.717, 1.165) is 5.56 Å². The molecule has 0 amide bonds. The average Bonchev–Trinajstić information content (AvgIpc) is 2.11. The first-order chi connectivity index (χ1) is 6.79. The molecule has 0 aliphatic carbocycles. The lowest BCUT2D eigenvalue weighted by Gasteiger charge is -2.12. The first-order valence-electron chi connectivity index (χ1n) is 4.07. The molecule has 0 spiro atoms. The molecule has 6 heteroatoms. The minimum Gasteiger partial charge on any atom is -0.495 e. The Morgan fingerprint density at radius 2 is 1.87 bits per heavy atom. The van der Waals surface area contributed by atoms with Crippen molar-refractivity contribution in [2.45, 2.75) is 18.7 Å². The first-order valence-corrected chi connectivity index (χ1v) is 6.76. The molecule has 3 nitrogen and oxygen atoms in total. The number of rotatable bonds is 2. The van der Waals surface area contributed by atoms with Gasteiger partial charge in [0.2, 0.25) is 0 Å². The summed E-state index contributed by atoms with van der Waals surface area (Å²) in [4.78, 5) is -0.0673. The molecule has 0 radical (unpaired) electrons. The molecule has 0 aliphatic heterocycles. The van der Waals surface area contributed by atoms with Crippen molar-refractivity contribution >= 4 is 31.3 Å². The topological polar surface area (TPSA) is 43.4 Å². The number of methoxy groups -OCH3 is 1. The Labute approximate surface area is 98.4 Å². The molecule has 0 saturated carbocycles. The van der Waals surface area contributed by atoms with Crippen molar-refractivity contribution in [3.05, 3.63) is 22.2 Å². The number of halogens is 2. The molecule has 0 aromatic heterocycles. The van der Waals surface area contributed by atoms with Gasteiger partial charge < -0.3 is 4.74 Å². The van der Waals surface area contributed by atoms with Crippen LogP contribution in [-0.2, 0) is 9.05 Å². The summed E-state index contributed by atoms with van der Waals surface area (Å²) < 4.78 is 27.6. The van der Waals surface area contributed by atoms with E-state index in [1.165, 1.54) is 7.11 Å². The van der Waals surface area contributed by atoms with E-state index in [9.17, 15) is 8.42 Å². The lowest BCUT2D eigenvalue weighted by Crippen LogP contribution is -2.01. The van der Waals surface area contributed by atoms with Crippen molar-refractivity contribution in [1.29, 1.82) is 0 Å². The van der Waals surface area contributed by atoms with Crippen LogP contribution in [-0.4, -0.2) is 15.5 Å². The second-order valence-electron chi connectivity index (χ2n) is 3.10. The van der Waals surface area contributed by atoms with Gasteiger partial charge in [-0.2, -0.15) is 0 Å². The molecule has 0 fully saturated rings. The normalized spacial score (nSPS) is 11.5. The van der Waals surface area contributed by atoms with E-state index in [1.807, 2.05) is 0 Å². The third-order valence-corrected chi connectivity index (χ3v) is 4.09. The zero-order valence-electron chi connectivity index (χ0n) is 8.47. The van der Waals surface area contributed by atoms with Gasteiger partial charge in [0.1, 0.15) is 10.6 Å². The monoisotopic (exact) mass is 268 g/mol. The van der Waals surface area contributed by atoms with Gasteiger partial charge in [-0.15, -0.1) is 0 Å². The Morgan fingerprint density at radius 3 is 2.27 bits per heavy atom. The van der Waals surface area contributed by atoms with Gasteiger partial charge >= 0.3 is 0 Å². The number of benzene rings is 1. The molecular weight excluding hydrogens is 259 g/mol. The molecule has 84 valence electrons. The Hall–Kier alpha value is -0.450. The standard InChI is InChI=1S/C9H10Cl2O3S/c1-5-4-7(14-3)9(15(11,12)13)6(2)8(5)10/h4H,1-3H3. The third-order valence-electron chi connectivity index (χ3n) is 2.05. The highest BCUT2D eigenvalue weighted by atomic mass is 35.7. The van der Waals surface area contributed by atoms with Gasteiger partial charge in [0.05, 0.1) is 7.11 Å². The molecule has 0 N–H and O–H groups in total. The summed E-state index contributed by atoms with van der Waals surface area (Å²) in [5.41, 5.74) is 1.15. The number of hydrogen-bond acceptors (Lipinski definition) is 3. The van der Waals surface area contributed by atoms with Crippen molar-refractivity contribution in [3.8, 4) is 5.75 Å². The predicted octanol–water partition coefficient (Wildman–Crippen LogP) is 2.89. The van der Waals surface area contributed by atoms with E-state index < -0.39 is 9.05 Å². The average molecular weight is 269 g/mol. The van der Waals surface area contributed by atoms with Crippen LogP contribution in [0, 0.1) is 13.8 Å². The van der Waals surface area contributed by atoms with Crippen molar-refractivity contribution in [3.63, 3.8) is 0 Å². The maximum atomic E-state index is 11.3. The molecular formula is C9H10Cl2O3S. The fourth-order valence-electron chi connectivity index (χ4n) is 1.36. The van der Waals surface area contributed by atoms with Crippen LogP contribution in [0.1, 0.15) is 11.1 Å². The van der Waals surface area contributed by atoms with Crippen LogP contribution in [0.4, 0.5) is 0 Å². The van der Waals surface area contributed by atoms with E-state index >= 15 is 0 Å². The molecule has 0 atom stereocenters. The summed E-state index contributed by atoms with van der Waals surface area (Å²) >= 11 is 5.94. The highest BCUT2D eigenvalue weighted by Gasteiger charge is 2.22.